The van der Waals surface area contributed by atoms with Gasteiger partial charge in [0.2, 0.25) is 0 Å². The van der Waals surface area contributed by atoms with Crippen LogP contribution in [-0.2, 0) is 0 Å². The van der Waals surface area contributed by atoms with E-state index in [4.69, 9.17) is 34.8 Å². The van der Waals surface area contributed by atoms with E-state index in [1.807, 2.05) is 6.07 Å². The van der Waals surface area contributed by atoms with Gasteiger partial charge < -0.3 is 5.32 Å². The second-order valence-corrected chi connectivity index (χ2v) is 5.79. The maximum absolute atomic E-state index is 6.18. The van der Waals surface area contributed by atoms with Gasteiger partial charge in [0.25, 0.3) is 0 Å². The van der Waals surface area contributed by atoms with Crippen LogP contribution in [0.1, 0.15) is 38.8 Å². The summed E-state index contributed by atoms with van der Waals surface area (Å²) < 4.78 is 0. The van der Waals surface area contributed by atoms with Crippen molar-refractivity contribution in [3.05, 3.63) is 32.8 Å². The lowest BCUT2D eigenvalue weighted by molar-refractivity contribution is 0.497. The third kappa shape index (κ3) is 4.33. The van der Waals surface area contributed by atoms with Crippen LogP contribution in [0.25, 0.3) is 0 Å². The van der Waals surface area contributed by atoms with Gasteiger partial charge in [0.15, 0.2) is 0 Å². The Bertz CT molecular complexity index is 377. The minimum absolute atomic E-state index is 0.177. The fraction of sp³-hybridized carbons (Fsp3) is 0.538. The lowest BCUT2D eigenvalue weighted by Gasteiger charge is -2.17. The largest absolute Gasteiger partial charge is 0.310 e. The molecule has 0 saturated carbocycles. The van der Waals surface area contributed by atoms with Crippen LogP contribution in [0.15, 0.2) is 12.1 Å². The Balaban J connectivity index is 2.69. The maximum Gasteiger partial charge on any atom is 0.0781 e. The highest BCUT2D eigenvalue weighted by molar-refractivity contribution is 6.48. The van der Waals surface area contributed by atoms with Gasteiger partial charge in [-0.3, -0.25) is 0 Å². The molecule has 17 heavy (non-hydrogen) atoms. The first-order chi connectivity index (χ1) is 7.93. The molecular formula is C13H18Cl3N. The van der Waals surface area contributed by atoms with Crippen LogP contribution >= 0.6 is 34.8 Å². The first-order valence-corrected chi connectivity index (χ1v) is 6.93. The van der Waals surface area contributed by atoms with Gasteiger partial charge >= 0.3 is 0 Å². The molecule has 1 atom stereocenters. The summed E-state index contributed by atoms with van der Waals surface area (Å²) in [4.78, 5) is 0. The van der Waals surface area contributed by atoms with Gasteiger partial charge in [0, 0.05) is 6.04 Å². The summed E-state index contributed by atoms with van der Waals surface area (Å²) >= 11 is 18.1. The molecule has 1 nitrogen and oxygen atoms in total. The second kappa shape index (κ2) is 6.84. The van der Waals surface area contributed by atoms with Crippen molar-refractivity contribution in [2.24, 2.45) is 5.92 Å². The molecule has 4 heteroatoms. The van der Waals surface area contributed by atoms with Gasteiger partial charge in [0.05, 0.1) is 15.1 Å². The third-order valence-corrected chi connectivity index (χ3v) is 4.01. The third-order valence-electron chi connectivity index (χ3n) is 2.70. The highest BCUT2D eigenvalue weighted by Gasteiger charge is 2.13. The normalized spacial score (nSPS) is 13.1. The van der Waals surface area contributed by atoms with Crippen LogP contribution in [0.3, 0.4) is 0 Å². The average molecular weight is 295 g/mol. The molecule has 0 aliphatic carbocycles. The fourth-order valence-electron chi connectivity index (χ4n) is 1.57. The molecular weight excluding hydrogens is 277 g/mol. The molecule has 1 aromatic rings. The molecule has 1 N–H and O–H groups in total. The van der Waals surface area contributed by atoms with E-state index in [9.17, 15) is 0 Å². The van der Waals surface area contributed by atoms with Gasteiger partial charge in [0.1, 0.15) is 0 Å². The van der Waals surface area contributed by atoms with Gasteiger partial charge in [-0.05, 0) is 37.4 Å². The quantitative estimate of drug-likeness (QED) is 0.722. The topological polar surface area (TPSA) is 12.0 Å². The highest BCUT2D eigenvalue weighted by Crippen LogP contribution is 2.35. The molecule has 0 radical (unpaired) electrons. The highest BCUT2D eigenvalue weighted by atomic mass is 35.5. The molecule has 0 aromatic heterocycles. The van der Waals surface area contributed by atoms with Crippen molar-refractivity contribution in [1.82, 2.24) is 5.32 Å². The predicted molar refractivity (Wildman–Crippen MR) is 77.3 cm³/mol. The molecule has 0 aliphatic rings. The van der Waals surface area contributed by atoms with Gasteiger partial charge in [-0.15, -0.1) is 0 Å². The van der Waals surface area contributed by atoms with Crippen molar-refractivity contribution in [2.75, 3.05) is 6.54 Å². The van der Waals surface area contributed by atoms with E-state index in [0.717, 1.165) is 18.5 Å². The van der Waals surface area contributed by atoms with Gasteiger partial charge in [-0.2, -0.15) is 0 Å². The average Bonchev–Trinajstić information content (AvgIpc) is 2.25. The number of rotatable bonds is 5. The van der Waals surface area contributed by atoms with E-state index >= 15 is 0 Å². The number of halogens is 3. The van der Waals surface area contributed by atoms with E-state index in [1.54, 1.807) is 6.07 Å². The van der Waals surface area contributed by atoms with Crippen molar-refractivity contribution in [2.45, 2.75) is 33.2 Å². The molecule has 0 bridgehead atoms. The molecule has 0 amide bonds. The van der Waals surface area contributed by atoms with E-state index in [-0.39, 0.29) is 6.04 Å². The molecule has 1 rings (SSSR count). The van der Waals surface area contributed by atoms with Crippen LogP contribution in [0.4, 0.5) is 0 Å². The molecule has 0 aliphatic heterocycles. The number of hydrogen-bond acceptors (Lipinski definition) is 1. The van der Waals surface area contributed by atoms with Crippen LogP contribution < -0.4 is 5.32 Å². The van der Waals surface area contributed by atoms with Gasteiger partial charge in [-0.1, -0.05) is 54.7 Å². The zero-order chi connectivity index (χ0) is 13.0. The van der Waals surface area contributed by atoms with E-state index < -0.39 is 0 Å². The standard InChI is InChI=1S/C13H18Cl3N/c1-8(2)6-7-17-9(3)10-4-5-11(14)13(16)12(10)15/h4-5,8-9,17H,6-7H2,1-3H3. The van der Waals surface area contributed by atoms with Crippen molar-refractivity contribution in [1.29, 1.82) is 0 Å². The minimum Gasteiger partial charge on any atom is -0.310 e. The summed E-state index contributed by atoms with van der Waals surface area (Å²) in [7, 11) is 0. The zero-order valence-corrected chi connectivity index (χ0v) is 12.6. The Morgan fingerprint density at radius 3 is 2.29 bits per heavy atom. The minimum atomic E-state index is 0.177. The molecule has 96 valence electrons. The summed E-state index contributed by atoms with van der Waals surface area (Å²) in [6, 6.07) is 3.88. The molecule has 0 fully saturated rings. The molecule has 0 saturated heterocycles. The Hall–Kier alpha value is 0.0500. The smallest absolute Gasteiger partial charge is 0.0781 e. The van der Waals surface area contributed by atoms with Crippen LogP contribution in [0.2, 0.25) is 15.1 Å². The molecule has 0 spiro atoms. The van der Waals surface area contributed by atoms with Crippen LogP contribution in [-0.4, -0.2) is 6.54 Å². The van der Waals surface area contributed by atoms with Crippen LogP contribution in [0.5, 0.6) is 0 Å². The van der Waals surface area contributed by atoms with Crippen molar-refractivity contribution in [3.8, 4) is 0 Å². The fourth-order valence-corrected chi connectivity index (χ4v) is 2.28. The molecule has 1 aromatic carbocycles. The predicted octanol–water partition coefficient (Wildman–Crippen LogP) is 5.34. The maximum atomic E-state index is 6.18. The van der Waals surface area contributed by atoms with Crippen molar-refractivity contribution in [3.63, 3.8) is 0 Å². The Morgan fingerprint density at radius 1 is 1.06 bits per heavy atom. The summed E-state index contributed by atoms with van der Waals surface area (Å²) in [5.74, 6) is 0.693. The molecule has 1 unspecified atom stereocenters. The Morgan fingerprint density at radius 2 is 1.71 bits per heavy atom. The molecule has 0 heterocycles. The summed E-state index contributed by atoms with van der Waals surface area (Å²) in [5.41, 5.74) is 0.991. The van der Waals surface area contributed by atoms with E-state index in [0.29, 0.717) is 21.0 Å². The van der Waals surface area contributed by atoms with Crippen LogP contribution in [0, 0.1) is 5.92 Å². The lowest BCUT2D eigenvalue weighted by atomic mass is 10.1. The van der Waals surface area contributed by atoms with E-state index in [1.165, 1.54) is 0 Å². The summed E-state index contributed by atoms with van der Waals surface area (Å²) in [6.45, 7) is 7.46. The number of nitrogens with one attached hydrogen (secondary N) is 1. The van der Waals surface area contributed by atoms with Gasteiger partial charge in [-0.25, -0.2) is 0 Å². The second-order valence-electron chi connectivity index (χ2n) is 4.62. The van der Waals surface area contributed by atoms with Crippen molar-refractivity contribution >= 4 is 34.8 Å². The number of hydrogen-bond donors (Lipinski definition) is 1. The summed E-state index contributed by atoms with van der Waals surface area (Å²) in [5, 5.41) is 4.91. The Labute approximate surface area is 118 Å². The number of benzene rings is 1. The SMILES string of the molecule is CC(C)CCNC(C)c1ccc(Cl)c(Cl)c1Cl. The van der Waals surface area contributed by atoms with Crippen molar-refractivity contribution < 1.29 is 0 Å². The Kier molecular flexibility index (Phi) is 6.08. The lowest BCUT2D eigenvalue weighted by Crippen LogP contribution is -2.21. The first kappa shape index (κ1) is 15.1. The van der Waals surface area contributed by atoms with E-state index in [2.05, 4.69) is 26.1 Å². The first-order valence-electron chi connectivity index (χ1n) is 5.80. The zero-order valence-electron chi connectivity index (χ0n) is 10.4. The monoisotopic (exact) mass is 293 g/mol. The summed E-state index contributed by atoms with van der Waals surface area (Å²) in [6.07, 6.45) is 1.14.